The highest BCUT2D eigenvalue weighted by molar-refractivity contribution is 7.71. The molecule has 0 radical (unpaired) electrons. The highest BCUT2D eigenvalue weighted by atomic mass is 31.3. The molecule has 57 heavy (non-hydrogen) atoms. The number of nitrogens with zero attached hydrogens (tertiary/aromatic N) is 8. The molecule has 0 fully saturated rings. The number of phosphoric ester groups is 2. The summed E-state index contributed by atoms with van der Waals surface area (Å²) in [6.45, 7) is -2.64. The van der Waals surface area contributed by atoms with Gasteiger partial charge in [-0.1, -0.05) is 0 Å². The van der Waals surface area contributed by atoms with Crippen molar-refractivity contribution < 1.29 is 102 Å². The number of hydrogen-bond acceptors (Lipinski definition) is 25. The number of aromatic nitrogens is 8. The van der Waals surface area contributed by atoms with Crippen LogP contribution in [0, 0.1) is 0 Å². The minimum atomic E-state index is -6.49. The molecule has 0 aliphatic heterocycles. The number of anilines is 2. The molecule has 0 amide bonds. The fourth-order valence-electron chi connectivity index (χ4n) is 3.97. The van der Waals surface area contributed by atoms with Gasteiger partial charge in [0.1, 0.15) is 35.9 Å². The zero-order valence-corrected chi connectivity index (χ0v) is 32.0. The van der Waals surface area contributed by atoms with E-state index in [4.69, 9.17) is 20.9 Å². The predicted octanol–water partition coefficient (Wildman–Crippen LogP) is -1.00. The largest absolute Gasteiger partial charge is 0.490 e. The second-order valence-electron chi connectivity index (χ2n) is 10.1. The number of nitrogen functional groups attached to an aromatic ring is 2. The predicted molar refractivity (Wildman–Crippen MR) is 177 cm³/mol. The quantitative estimate of drug-likeness (QED) is 0.0327. The van der Waals surface area contributed by atoms with Crippen LogP contribution in [0.1, 0.15) is 12.5 Å². The molecule has 0 aliphatic carbocycles. The molecule has 4 aromatic heterocycles. The van der Waals surface area contributed by atoms with Gasteiger partial charge in [0.2, 0.25) is 0 Å². The Balaban J connectivity index is 1.30. The molecule has 9 atom stereocenters. The zero-order valence-electron chi connectivity index (χ0n) is 27.5. The number of ether oxygens (including phenoxy) is 2. The lowest BCUT2D eigenvalue weighted by atomic mass is 10.4. The summed E-state index contributed by atoms with van der Waals surface area (Å²) >= 11 is 0. The number of aldehydes is 4. The van der Waals surface area contributed by atoms with Crippen LogP contribution in [0.25, 0.3) is 22.3 Å². The first-order chi connectivity index (χ1) is 26.5. The third kappa shape index (κ3) is 12.5. The molecule has 5 unspecified atom stereocenters. The third-order valence-electron chi connectivity index (χ3n) is 6.12. The van der Waals surface area contributed by atoms with Crippen molar-refractivity contribution in [1.82, 2.24) is 39.0 Å². The molecule has 0 aliphatic rings. The number of nitrogens with two attached hydrogens (primary N) is 2. The van der Waals surface area contributed by atoms with Crippen molar-refractivity contribution in [3.8, 4) is 0 Å². The van der Waals surface area contributed by atoms with Crippen LogP contribution in [0.3, 0.4) is 0 Å². The Labute approximate surface area is 314 Å². The van der Waals surface area contributed by atoms with E-state index in [1.54, 1.807) is 0 Å². The molecule has 0 bridgehead atoms. The van der Waals surface area contributed by atoms with Crippen LogP contribution in [0.2, 0.25) is 0 Å². The Morgan fingerprint density at radius 1 is 0.544 bits per heavy atom. The highest BCUT2D eigenvalue weighted by Crippen LogP contribution is 2.73. The first kappa shape index (κ1) is 45.7. The van der Waals surface area contributed by atoms with Gasteiger partial charge in [-0.05, 0) is 0 Å². The number of hydrogen-bond donors (Lipinski definition) is 7. The number of carbonyl (C=O) groups is 4. The van der Waals surface area contributed by atoms with Crippen LogP contribution < -0.4 is 11.5 Å². The average Bonchev–Trinajstić information content (AvgIpc) is 3.73. The van der Waals surface area contributed by atoms with Gasteiger partial charge in [0, 0.05) is 0 Å². The maximum Gasteiger partial charge on any atom is 0.490 e. The van der Waals surface area contributed by atoms with Crippen molar-refractivity contribution in [3.05, 3.63) is 25.3 Å². The monoisotopic (exact) mass is 912 g/mol. The molecule has 0 aromatic carbocycles. The molecular weight excluding hydrogens is 887 g/mol. The number of carbonyl (C=O) groups excluding carboxylic acids is 4. The summed E-state index contributed by atoms with van der Waals surface area (Å²) in [5.74, 6) is -0.186. The summed E-state index contributed by atoms with van der Waals surface area (Å²) in [6.07, 6.45) is -3.08. The molecule has 4 heterocycles. The number of fused-ring (bicyclic) bond motifs is 2. The van der Waals surface area contributed by atoms with Crippen LogP contribution in [-0.4, -0.2) is 114 Å². The summed E-state index contributed by atoms with van der Waals surface area (Å²) in [7, 11) is -31.1. The second kappa shape index (κ2) is 18.3. The molecule has 312 valence electrons. The van der Waals surface area contributed by atoms with Crippen molar-refractivity contribution in [2.24, 2.45) is 0 Å². The van der Waals surface area contributed by atoms with Crippen LogP contribution in [-0.2, 0) is 77.8 Å². The minimum Gasteiger partial charge on any atom is -0.382 e. The van der Waals surface area contributed by atoms with Gasteiger partial charge in [0.15, 0.2) is 60.5 Å². The zero-order chi connectivity index (χ0) is 42.4. The van der Waals surface area contributed by atoms with E-state index in [0.717, 1.165) is 34.4 Å². The number of rotatable bonds is 24. The van der Waals surface area contributed by atoms with E-state index >= 15 is 0 Å². The summed E-state index contributed by atoms with van der Waals surface area (Å²) in [5.41, 5.74) is 11.3. The lowest BCUT2D eigenvalue weighted by Gasteiger charge is -2.22. The van der Waals surface area contributed by atoms with Gasteiger partial charge in [-0.2, -0.15) is 17.2 Å². The van der Waals surface area contributed by atoms with Crippen molar-refractivity contribution in [3.63, 3.8) is 0 Å². The Morgan fingerprint density at radius 2 is 0.877 bits per heavy atom. The average molecular weight is 912 g/mol. The smallest absolute Gasteiger partial charge is 0.382 e. The van der Waals surface area contributed by atoms with Gasteiger partial charge in [0.05, 0.1) is 25.9 Å². The maximum absolute atomic E-state index is 12.3. The second-order valence-corrected chi connectivity index (χ2v) is 17.9. The van der Waals surface area contributed by atoms with E-state index in [1.807, 2.05) is 0 Å². The SMILES string of the molecule is Nc1ncnc2c1ncn2[C@H](C=O)O[C@H](C=O)COP(=O)(O)OP(=O)(O)OP(=O)(O)OP(=O)(O)OP(=O)(O)OC[C@@H](C=O)O[C@H](C=O)n1cnc2c(N)ncnc21. The van der Waals surface area contributed by atoms with Gasteiger partial charge in [-0.15, -0.1) is 0 Å². The lowest BCUT2D eigenvalue weighted by Crippen LogP contribution is -2.27. The Hall–Kier alpha value is -3.99. The van der Waals surface area contributed by atoms with Crippen molar-refractivity contribution in [1.29, 1.82) is 0 Å². The third-order valence-corrected chi connectivity index (χ3v) is 13.7. The lowest BCUT2D eigenvalue weighted by molar-refractivity contribution is -0.140. The summed E-state index contributed by atoms with van der Waals surface area (Å²) in [6, 6.07) is 0. The van der Waals surface area contributed by atoms with E-state index in [9.17, 15) is 66.5 Å². The van der Waals surface area contributed by atoms with Crippen molar-refractivity contribution in [2.45, 2.75) is 24.7 Å². The standard InChI is InChI=1S/C20H25N10O22P5/c21-17-15-19(25-7-23-17)29(9-27-15)13(3-33)47-11(1-31)5-45-53(35,36)49-55(39,40)51-57(43,44)52-56(41,42)50-54(37,38)46-6-12(2-32)48-14(4-34)30-10-28-16-18(22)24-8-26-20(16)30/h1-4,7-14H,5-6H2,(H,35,36)(H,37,38)(H,39,40)(H,41,42)(H,43,44)(H2,21,23,25)(H2,22,24,26)/t11-,12-,13-,14+/m1/s1. The first-order valence-electron chi connectivity index (χ1n) is 14.3. The Bertz CT molecular complexity index is 2220. The molecule has 0 saturated carbocycles. The van der Waals surface area contributed by atoms with Gasteiger partial charge in [-0.25, -0.2) is 52.7 Å². The van der Waals surface area contributed by atoms with E-state index in [-0.39, 0.29) is 59.1 Å². The van der Waals surface area contributed by atoms with Crippen LogP contribution in [0.4, 0.5) is 11.6 Å². The van der Waals surface area contributed by atoms with Gasteiger partial charge in [-0.3, -0.25) is 27.8 Å². The van der Waals surface area contributed by atoms with Crippen molar-refractivity contribution >= 4 is 98.2 Å². The van der Waals surface area contributed by atoms with E-state index in [1.165, 1.54) is 0 Å². The topological polar surface area (TPSA) is 468 Å². The van der Waals surface area contributed by atoms with Crippen LogP contribution >= 0.6 is 39.1 Å². The first-order valence-corrected chi connectivity index (χ1v) is 21.8. The molecule has 37 heteroatoms. The molecule has 0 saturated heterocycles. The minimum absolute atomic E-state index is 0.0236. The fraction of sp³-hybridized carbons (Fsp3) is 0.300. The maximum atomic E-state index is 12.3. The molecule has 0 spiro atoms. The number of phosphoric acid groups is 5. The van der Waals surface area contributed by atoms with Crippen molar-refractivity contribution in [2.75, 3.05) is 24.7 Å². The van der Waals surface area contributed by atoms with Crippen LogP contribution in [0.5, 0.6) is 0 Å². The van der Waals surface area contributed by atoms with Gasteiger partial charge >= 0.3 is 39.1 Å². The number of imidazole rings is 2. The normalized spacial score (nSPS) is 19.5. The Morgan fingerprint density at radius 3 is 1.19 bits per heavy atom. The summed E-state index contributed by atoms with van der Waals surface area (Å²) in [4.78, 5) is 118. The van der Waals surface area contributed by atoms with Crippen LogP contribution in [0.15, 0.2) is 25.3 Å². The molecule has 32 nitrogen and oxygen atoms in total. The Kier molecular flexibility index (Phi) is 14.7. The molecule has 9 N–H and O–H groups in total. The molecular formula is C20H25N10O22P5. The summed E-state index contributed by atoms with van der Waals surface area (Å²) in [5, 5.41) is 0. The fourth-order valence-corrected chi connectivity index (χ4v) is 10.4. The van der Waals surface area contributed by atoms with Gasteiger partial charge in [0.25, 0.3) is 0 Å². The van der Waals surface area contributed by atoms with Gasteiger partial charge < -0.3 is 55.0 Å². The highest BCUT2D eigenvalue weighted by Gasteiger charge is 2.48. The van der Waals surface area contributed by atoms with E-state index in [2.05, 4.69) is 56.2 Å². The molecule has 4 aromatic rings. The van der Waals surface area contributed by atoms with E-state index in [0.29, 0.717) is 0 Å². The molecule has 4 rings (SSSR count). The van der Waals surface area contributed by atoms with E-state index < -0.39 is 77.0 Å². The summed E-state index contributed by atoms with van der Waals surface area (Å²) < 4.78 is 97.0.